The first-order valence-electron chi connectivity index (χ1n) is 11.9. The van der Waals surface area contributed by atoms with Crippen LogP contribution in [0.3, 0.4) is 0 Å². The minimum atomic E-state index is -0.167. The zero-order valence-corrected chi connectivity index (χ0v) is 21.4. The standard InChI is InChI=1S/C28H30N4O3S/c1-34-24-6-3-5-23(17-24)26(35-20-22-10-8-21(18-29)9-11-22)19-31-13-15-32(16-14-31)28(33)25-7-4-12-30-27(25)36-2/h3-12,17,26H,13-16,19-20H2,1-2H3. The zero-order valence-electron chi connectivity index (χ0n) is 20.6. The molecular weight excluding hydrogens is 472 g/mol. The topological polar surface area (TPSA) is 78.7 Å². The summed E-state index contributed by atoms with van der Waals surface area (Å²) in [6.07, 6.45) is 3.49. The third kappa shape index (κ3) is 6.43. The number of ether oxygens (including phenoxy) is 2. The predicted molar refractivity (Wildman–Crippen MR) is 140 cm³/mol. The van der Waals surface area contributed by atoms with Gasteiger partial charge in [-0.25, -0.2) is 4.98 Å². The van der Waals surface area contributed by atoms with Crippen molar-refractivity contribution in [2.45, 2.75) is 17.7 Å². The first kappa shape index (κ1) is 25.7. The average Bonchev–Trinajstić information content (AvgIpc) is 2.95. The maximum absolute atomic E-state index is 13.1. The van der Waals surface area contributed by atoms with Crippen LogP contribution in [0.1, 0.15) is 33.2 Å². The molecule has 4 rings (SSSR count). The average molecular weight is 503 g/mol. The highest BCUT2D eigenvalue weighted by atomic mass is 32.2. The number of hydrogen-bond donors (Lipinski definition) is 0. The Morgan fingerprint density at radius 2 is 1.89 bits per heavy atom. The highest BCUT2D eigenvalue weighted by molar-refractivity contribution is 7.98. The van der Waals surface area contributed by atoms with E-state index < -0.39 is 0 Å². The van der Waals surface area contributed by atoms with Crippen molar-refractivity contribution in [3.63, 3.8) is 0 Å². The minimum absolute atomic E-state index is 0.0357. The van der Waals surface area contributed by atoms with Gasteiger partial charge in [0.25, 0.3) is 5.91 Å². The molecular formula is C28H30N4O3S. The predicted octanol–water partition coefficient (Wildman–Crippen LogP) is 4.40. The maximum atomic E-state index is 13.1. The van der Waals surface area contributed by atoms with Crippen molar-refractivity contribution in [1.82, 2.24) is 14.8 Å². The number of nitrogens with zero attached hydrogens (tertiary/aromatic N) is 4. The molecule has 0 saturated carbocycles. The number of benzene rings is 2. The summed E-state index contributed by atoms with van der Waals surface area (Å²) < 4.78 is 11.8. The third-order valence-electron chi connectivity index (χ3n) is 6.28. The van der Waals surface area contributed by atoms with Crippen LogP contribution in [0.4, 0.5) is 0 Å². The van der Waals surface area contributed by atoms with E-state index in [2.05, 4.69) is 22.0 Å². The summed E-state index contributed by atoms with van der Waals surface area (Å²) in [6.45, 7) is 3.98. The number of methoxy groups -OCH3 is 1. The van der Waals surface area contributed by atoms with Gasteiger partial charge < -0.3 is 14.4 Å². The van der Waals surface area contributed by atoms with E-state index in [0.29, 0.717) is 37.4 Å². The summed E-state index contributed by atoms with van der Waals surface area (Å²) in [5.74, 6) is 0.824. The van der Waals surface area contributed by atoms with E-state index in [-0.39, 0.29) is 12.0 Å². The Bertz CT molecular complexity index is 1200. The van der Waals surface area contributed by atoms with Crippen molar-refractivity contribution in [2.75, 3.05) is 46.1 Å². The summed E-state index contributed by atoms with van der Waals surface area (Å²) in [6, 6.07) is 21.2. The minimum Gasteiger partial charge on any atom is -0.497 e. The summed E-state index contributed by atoms with van der Waals surface area (Å²) in [5.41, 5.74) is 3.35. The number of rotatable bonds is 9. The van der Waals surface area contributed by atoms with Gasteiger partial charge in [-0.05, 0) is 53.8 Å². The lowest BCUT2D eigenvalue weighted by atomic mass is 10.1. The van der Waals surface area contributed by atoms with E-state index in [9.17, 15) is 4.79 Å². The van der Waals surface area contributed by atoms with E-state index >= 15 is 0 Å². The van der Waals surface area contributed by atoms with Crippen LogP contribution in [0.5, 0.6) is 5.75 Å². The number of thioether (sulfide) groups is 1. The summed E-state index contributed by atoms with van der Waals surface area (Å²) >= 11 is 1.49. The van der Waals surface area contributed by atoms with Gasteiger partial charge in [0.05, 0.1) is 37.0 Å². The van der Waals surface area contributed by atoms with Crippen LogP contribution < -0.4 is 4.74 Å². The molecule has 1 fully saturated rings. The van der Waals surface area contributed by atoms with Gasteiger partial charge in [-0.3, -0.25) is 9.69 Å². The van der Waals surface area contributed by atoms with Crippen LogP contribution in [0, 0.1) is 11.3 Å². The molecule has 8 heteroatoms. The number of carbonyl (C=O) groups excluding carboxylic acids is 1. The number of nitriles is 1. The Morgan fingerprint density at radius 1 is 1.11 bits per heavy atom. The fraction of sp³-hybridized carbons (Fsp3) is 0.321. The van der Waals surface area contributed by atoms with Crippen molar-refractivity contribution in [3.05, 3.63) is 89.1 Å². The van der Waals surface area contributed by atoms with Gasteiger partial charge in [0.1, 0.15) is 10.8 Å². The molecule has 1 amide bonds. The second-order valence-corrected chi connectivity index (χ2v) is 9.33. The van der Waals surface area contributed by atoms with Crippen LogP contribution in [0.15, 0.2) is 71.9 Å². The fourth-order valence-electron chi connectivity index (χ4n) is 4.22. The zero-order chi connectivity index (χ0) is 25.3. The highest BCUT2D eigenvalue weighted by Gasteiger charge is 2.26. The quantitative estimate of drug-likeness (QED) is 0.401. The molecule has 0 radical (unpaired) electrons. The normalized spacial score (nSPS) is 14.8. The van der Waals surface area contributed by atoms with Gasteiger partial charge in [-0.2, -0.15) is 5.26 Å². The van der Waals surface area contributed by atoms with Gasteiger partial charge >= 0.3 is 0 Å². The molecule has 0 N–H and O–H groups in total. The highest BCUT2D eigenvalue weighted by Crippen LogP contribution is 2.26. The Morgan fingerprint density at radius 3 is 2.58 bits per heavy atom. The van der Waals surface area contributed by atoms with E-state index in [1.807, 2.05) is 53.6 Å². The van der Waals surface area contributed by atoms with Crippen molar-refractivity contribution in [2.24, 2.45) is 0 Å². The lowest BCUT2D eigenvalue weighted by Gasteiger charge is -2.36. The number of amides is 1. The maximum Gasteiger partial charge on any atom is 0.256 e. The molecule has 1 aromatic heterocycles. The molecule has 1 aliphatic rings. The first-order valence-corrected chi connectivity index (χ1v) is 13.1. The lowest BCUT2D eigenvalue weighted by molar-refractivity contribution is 0.00329. The van der Waals surface area contributed by atoms with Crippen LogP contribution in [-0.4, -0.2) is 66.8 Å². The fourth-order valence-corrected chi connectivity index (χ4v) is 4.76. The van der Waals surface area contributed by atoms with Gasteiger partial charge in [0.2, 0.25) is 0 Å². The molecule has 1 aliphatic heterocycles. The van der Waals surface area contributed by atoms with Crippen LogP contribution >= 0.6 is 11.8 Å². The Balaban J connectivity index is 1.41. The second kappa shape index (κ2) is 12.5. The van der Waals surface area contributed by atoms with Crippen molar-refractivity contribution < 1.29 is 14.3 Å². The SMILES string of the molecule is COc1cccc(C(CN2CCN(C(=O)c3cccnc3SC)CC2)OCc2ccc(C#N)cc2)c1. The molecule has 0 aliphatic carbocycles. The van der Waals surface area contributed by atoms with Crippen LogP contribution in [0.2, 0.25) is 0 Å². The molecule has 0 spiro atoms. The second-order valence-electron chi connectivity index (χ2n) is 8.54. The summed E-state index contributed by atoms with van der Waals surface area (Å²) in [5, 5.41) is 9.81. The molecule has 2 heterocycles. The molecule has 186 valence electrons. The van der Waals surface area contributed by atoms with E-state index in [0.717, 1.165) is 35.0 Å². The Labute approximate surface area is 216 Å². The molecule has 7 nitrogen and oxygen atoms in total. The van der Waals surface area contributed by atoms with E-state index in [4.69, 9.17) is 14.7 Å². The molecule has 0 bridgehead atoms. The molecule has 1 atom stereocenters. The van der Waals surface area contributed by atoms with E-state index in [1.165, 1.54) is 11.8 Å². The van der Waals surface area contributed by atoms with E-state index in [1.54, 1.807) is 25.4 Å². The number of piperazine rings is 1. The van der Waals surface area contributed by atoms with Crippen molar-refractivity contribution in [1.29, 1.82) is 5.26 Å². The molecule has 1 unspecified atom stereocenters. The molecule has 1 saturated heterocycles. The largest absolute Gasteiger partial charge is 0.497 e. The van der Waals surface area contributed by atoms with Crippen molar-refractivity contribution in [3.8, 4) is 11.8 Å². The number of carbonyl (C=O) groups is 1. The van der Waals surface area contributed by atoms with Crippen LogP contribution in [-0.2, 0) is 11.3 Å². The Hall–Kier alpha value is -3.38. The number of aromatic nitrogens is 1. The van der Waals surface area contributed by atoms with Crippen LogP contribution in [0.25, 0.3) is 0 Å². The number of pyridine rings is 1. The third-order valence-corrected chi connectivity index (χ3v) is 6.99. The van der Waals surface area contributed by atoms with Gasteiger partial charge in [0.15, 0.2) is 0 Å². The Kier molecular flexibility index (Phi) is 8.95. The lowest BCUT2D eigenvalue weighted by Crippen LogP contribution is -2.49. The summed E-state index contributed by atoms with van der Waals surface area (Å²) in [7, 11) is 1.66. The monoisotopic (exact) mass is 502 g/mol. The van der Waals surface area contributed by atoms with Gasteiger partial charge in [0, 0.05) is 38.9 Å². The first-order chi connectivity index (χ1) is 17.6. The number of hydrogen-bond acceptors (Lipinski definition) is 7. The smallest absolute Gasteiger partial charge is 0.256 e. The molecule has 3 aromatic rings. The van der Waals surface area contributed by atoms with Crippen molar-refractivity contribution >= 4 is 17.7 Å². The van der Waals surface area contributed by atoms with Gasteiger partial charge in [-0.15, -0.1) is 11.8 Å². The summed E-state index contributed by atoms with van der Waals surface area (Å²) in [4.78, 5) is 21.7. The molecule has 36 heavy (non-hydrogen) atoms. The van der Waals surface area contributed by atoms with Gasteiger partial charge in [-0.1, -0.05) is 24.3 Å². The molecule has 2 aromatic carbocycles.